The minimum Gasteiger partial charge on any atom is -0.391 e. The Balaban J connectivity index is 1.39. The summed E-state index contributed by atoms with van der Waals surface area (Å²) in [5, 5.41) is 10.9. The van der Waals surface area contributed by atoms with Crippen LogP contribution in [-0.4, -0.2) is 66.2 Å². The lowest BCUT2D eigenvalue weighted by Gasteiger charge is -2.50. The summed E-state index contributed by atoms with van der Waals surface area (Å²) < 4.78 is 5.38. The third-order valence-electron chi connectivity index (χ3n) is 7.17. The number of carbonyl (C=O) groups excluding carboxylic acids is 2. The molecule has 1 aromatic rings. The average Bonchev–Trinajstić information content (AvgIpc) is 2.74. The van der Waals surface area contributed by atoms with Gasteiger partial charge >= 0.3 is 0 Å². The first-order chi connectivity index (χ1) is 14.0. The second-order valence-corrected chi connectivity index (χ2v) is 8.96. The van der Waals surface area contributed by atoms with Crippen molar-refractivity contribution in [3.8, 4) is 0 Å². The van der Waals surface area contributed by atoms with Gasteiger partial charge in [-0.1, -0.05) is 30.3 Å². The summed E-state index contributed by atoms with van der Waals surface area (Å²) in [4.78, 5) is 29.7. The Kier molecular flexibility index (Phi) is 5.93. The molecule has 1 spiro atoms. The molecule has 0 saturated carbocycles. The minimum atomic E-state index is -0.593. The van der Waals surface area contributed by atoms with Crippen LogP contribution in [0.15, 0.2) is 30.3 Å². The van der Waals surface area contributed by atoms with E-state index in [1.165, 1.54) is 0 Å². The first-order valence-electron chi connectivity index (χ1n) is 10.9. The molecule has 0 aliphatic carbocycles. The van der Waals surface area contributed by atoms with Crippen molar-refractivity contribution < 1.29 is 19.4 Å². The Morgan fingerprint density at radius 1 is 1.17 bits per heavy atom. The zero-order chi connectivity index (χ0) is 20.4. The van der Waals surface area contributed by atoms with Crippen LogP contribution in [0.4, 0.5) is 0 Å². The van der Waals surface area contributed by atoms with Gasteiger partial charge in [0.25, 0.3) is 0 Å². The number of piperidine rings is 2. The molecule has 2 atom stereocenters. The zero-order valence-electron chi connectivity index (χ0n) is 17.3. The molecule has 3 aliphatic rings. The van der Waals surface area contributed by atoms with Crippen molar-refractivity contribution in [2.24, 2.45) is 11.3 Å². The first-order valence-corrected chi connectivity index (χ1v) is 10.9. The molecule has 0 aromatic heterocycles. The quantitative estimate of drug-likeness (QED) is 0.846. The number of nitrogens with zero attached hydrogens (tertiary/aromatic N) is 2. The number of amides is 2. The highest BCUT2D eigenvalue weighted by Crippen LogP contribution is 2.46. The molecular weight excluding hydrogens is 368 g/mol. The van der Waals surface area contributed by atoms with Crippen LogP contribution in [-0.2, 0) is 14.3 Å². The van der Waals surface area contributed by atoms with Crippen molar-refractivity contribution in [1.29, 1.82) is 0 Å². The zero-order valence-corrected chi connectivity index (χ0v) is 17.3. The van der Waals surface area contributed by atoms with E-state index in [1.54, 1.807) is 11.9 Å². The fourth-order valence-electron chi connectivity index (χ4n) is 5.38. The molecule has 0 bridgehead atoms. The van der Waals surface area contributed by atoms with E-state index in [4.69, 9.17) is 4.74 Å². The summed E-state index contributed by atoms with van der Waals surface area (Å²) in [5.74, 6) is 0.724. The van der Waals surface area contributed by atoms with Crippen LogP contribution in [0.2, 0.25) is 0 Å². The highest BCUT2D eigenvalue weighted by atomic mass is 16.5. The molecule has 3 aliphatic heterocycles. The van der Waals surface area contributed by atoms with E-state index in [2.05, 4.69) is 0 Å². The lowest BCUT2D eigenvalue weighted by Crippen LogP contribution is -2.58. The molecule has 6 heteroatoms. The van der Waals surface area contributed by atoms with Crippen molar-refractivity contribution in [1.82, 2.24) is 9.80 Å². The third-order valence-corrected chi connectivity index (χ3v) is 7.17. The lowest BCUT2D eigenvalue weighted by molar-refractivity contribution is -0.163. The van der Waals surface area contributed by atoms with Crippen LogP contribution in [0.25, 0.3) is 0 Å². The number of hydrogen-bond acceptors (Lipinski definition) is 4. The summed E-state index contributed by atoms with van der Waals surface area (Å²) >= 11 is 0. The van der Waals surface area contributed by atoms with Gasteiger partial charge < -0.3 is 19.6 Å². The number of hydrogen-bond donors (Lipinski definition) is 1. The van der Waals surface area contributed by atoms with Gasteiger partial charge in [-0.25, -0.2) is 0 Å². The van der Waals surface area contributed by atoms with Gasteiger partial charge in [0, 0.05) is 39.8 Å². The summed E-state index contributed by atoms with van der Waals surface area (Å²) in [6.45, 7) is 2.71. The number of aliphatic hydroxyl groups is 1. The lowest BCUT2D eigenvalue weighted by atomic mass is 9.68. The van der Waals surface area contributed by atoms with Crippen molar-refractivity contribution in [3.05, 3.63) is 35.9 Å². The molecule has 158 valence electrons. The number of aliphatic hydroxyl groups excluding tert-OH is 1. The molecule has 3 saturated heterocycles. The maximum Gasteiger partial charge on any atom is 0.229 e. The van der Waals surface area contributed by atoms with Gasteiger partial charge in [-0.05, 0) is 43.6 Å². The van der Waals surface area contributed by atoms with Gasteiger partial charge in [-0.2, -0.15) is 0 Å². The highest BCUT2D eigenvalue weighted by Gasteiger charge is 2.51. The predicted octanol–water partition coefficient (Wildman–Crippen LogP) is 2.38. The topological polar surface area (TPSA) is 70.1 Å². The Labute approximate surface area is 172 Å². The smallest absolute Gasteiger partial charge is 0.229 e. The van der Waals surface area contributed by atoms with E-state index < -0.39 is 11.5 Å². The van der Waals surface area contributed by atoms with Gasteiger partial charge in [0.2, 0.25) is 11.8 Å². The van der Waals surface area contributed by atoms with Crippen molar-refractivity contribution in [2.75, 3.05) is 33.4 Å². The monoisotopic (exact) mass is 400 g/mol. The van der Waals surface area contributed by atoms with E-state index in [1.807, 2.05) is 35.2 Å². The normalized spacial score (nSPS) is 28.0. The molecule has 0 radical (unpaired) electrons. The highest BCUT2D eigenvalue weighted by molar-refractivity contribution is 5.85. The number of likely N-dealkylation sites (tertiary alicyclic amines) is 2. The molecule has 0 unspecified atom stereocenters. The Morgan fingerprint density at radius 2 is 1.83 bits per heavy atom. The van der Waals surface area contributed by atoms with E-state index in [-0.39, 0.29) is 17.9 Å². The van der Waals surface area contributed by atoms with Gasteiger partial charge in [0.05, 0.1) is 17.6 Å². The summed E-state index contributed by atoms with van der Waals surface area (Å²) in [6, 6.07) is 9.44. The molecule has 2 amide bonds. The Morgan fingerprint density at radius 3 is 2.48 bits per heavy atom. The molecule has 1 N–H and O–H groups in total. The number of ether oxygens (including phenoxy) is 1. The van der Waals surface area contributed by atoms with Gasteiger partial charge in [-0.3, -0.25) is 9.59 Å². The van der Waals surface area contributed by atoms with Crippen molar-refractivity contribution >= 4 is 11.8 Å². The van der Waals surface area contributed by atoms with Crippen LogP contribution < -0.4 is 0 Å². The van der Waals surface area contributed by atoms with Crippen LogP contribution in [0.1, 0.15) is 50.1 Å². The Hall–Kier alpha value is -1.92. The van der Waals surface area contributed by atoms with Crippen molar-refractivity contribution in [2.45, 2.75) is 50.7 Å². The molecular formula is C23H32N2O4. The van der Waals surface area contributed by atoms with E-state index >= 15 is 0 Å². The largest absolute Gasteiger partial charge is 0.391 e. The van der Waals surface area contributed by atoms with E-state index in [9.17, 15) is 14.7 Å². The van der Waals surface area contributed by atoms with Crippen LogP contribution in [0, 0.1) is 11.3 Å². The molecule has 6 nitrogen and oxygen atoms in total. The van der Waals surface area contributed by atoms with Gasteiger partial charge in [-0.15, -0.1) is 0 Å². The number of rotatable bonds is 3. The molecule has 3 heterocycles. The standard InChI is InChI=1S/C23H32N2O4/c1-24-21(18-5-3-2-4-6-18)19(26)16-23(22(24)28)9-11-25(12-10-23)20(27)15-17-7-13-29-14-8-17/h2-6,17,19,21,26H,7-16H2,1H3/t19-,21+/m1/s1. The maximum atomic E-state index is 13.3. The van der Waals surface area contributed by atoms with Crippen LogP contribution in [0.3, 0.4) is 0 Å². The number of benzene rings is 1. The fraction of sp³-hybridized carbons (Fsp3) is 0.652. The first kappa shape index (κ1) is 20.4. The van der Waals surface area contributed by atoms with E-state index in [0.717, 1.165) is 31.6 Å². The van der Waals surface area contributed by atoms with Crippen LogP contribution in [0.5, 0.6) is 0 Å². The molecule has 4 rings (SSSR count). The minimum absolute atomic E-state index is 0.105. The number of likely N-dealkylation sites (N-methyl/N-ethyl adjacent to an activating group) is 1. The second kappa shape index (κ2) is 8.44. The molecule has 1 aromatic carbocycles. The van der Waals surface area contributed by atoms with E-state index in [0.29, 0.717) is 44.7 Å². The van der Waals surface area contributed by atoms with Gasteiger partial charge in [0.15, 0.2) is 0 Å². The molecule has 29 heavy (non-hydrogen) atoms. The Bertz CT molecular complexity index is 724. The summed E-state index contributed by atoms with van der Waals surface area (Å²) in [6.07, 6.45) is 3.65. The van der Waals surface area contributed by atoms with Gasteiger partial charge in [0.1, 0.15) is 0 Å². The second-order valence-electron chi connectivity index (χ2n) is 8.96. The van der Waals surface area contributed by atoms with Crippen LogP contribution >= 0.6 is 0 Å². The van der Waals surface area contributed by atoms with Crippen molar-refractivity contribution in [3.63, 3.8) is 0 Å². The number of carbonyl (C=O) groups is 2. The summed E-state index contributed by atoms with van der Waals surface area (Å²) in [5.41, 5.74) is 0.421. The predicted molar refractivity (Wildman–Crippen MR) is 109 cm³/mol. The third kappa shape index (κ3) is 4.05. The average molecular weight is 401 g/mol. The SMILES string of the molecule is CN1C(=O)C2(CCN(C(=O)CC3CCOCC3)CC2)C[C@@H](O)[C@@H]1c1ccccc1. The summed E-state index contributed by atoms with van der Waals surface area (Å²) in [7, 11) is 1.80. The molecule has 3 fully saturated rings. The maximum absolute atomic E-state index is 13.3. The fourth-order valence-corrected chi connectivity index (χ4v) is 5.38.